The third kappa shape index (κ3) is 6.93. The van der Waals surface area contributed by atoms with E-state index in [-0.39, 0.29) is 24.0 Å². The van der Waals surface area contributed by atoms with Crippen molar-refractivity contribution in [3.63, 3.8) is 0 Å². The van der Waals surface area contributed by atoms with Gasteiger partial charge in [-0.05, 0) is 48.9 Å². The summed E-state index contributed by atoms with van der Waals surface area (Å²) < 4.78 is 18.4. The molecule has 0 aliphatic heterocycles. The summed E-state index contributed by atoms with van der Waals surface area (Å²) in [5.41, 5.74) is 2.15. The molecule has 4 rings (SSSR count). The average Bonchev–Trinajstić information content (AvgIpc) is 3.43. The van der Waals surface area contributed by atoms with Crippen LogP contribution >= 0.6 is 22.9 Å². The topological polar surface area (TPSA) is 101 Å². The van der Waals surface area contributed by atoms with Gasteiger partial charge in [0.2, 0.25) is 18.1 Å². The molecule has 0 bridgehead atoms. The molecule has 0 aliphatic carbocycles. The number of benzene rings is 2. The minimum absolute atomic E-state index is 0.190. The van der Waals surface area contributed by atoms with E-state index >= 15 is 0 Å². The first-order chi connectivity index (χ1) is 16.2. The summed E-state index contributed by atoms with van der Waals surface area (Å²) in [6.45, 7) is 1.79. The number of aryl methyl sites for hydroxylation is 1. The predicted octanol–water partition coefficient (Wildman–Crippen LogP) is 4.85. The molecule has 0 saturated carbocycles. The molecule has 0 aliphatic rings. The SMILES string of the molecule is CN(C)C=O.Cc1nc(NC(=O)Cc2ccc(Cl)cc2)sc1-c1nc(-c2ccc(F)cc2)no1. The van der Waals surface area contributed by atoms with Gasteiger partial charge in [0.1, 0.15) is 10.7 Å². The minimum Gasteiger partial charge on any atom is -0.351 e. The van der Waals surface area contributed by atoms with Gasteiger partial charge in [-0.1, -0.05) is 40.2 Å². The van der Waals surface area contributed by atoms with E-state index in [1.807, 2.05) is 0 Å². The Hall–Kier alpha value is -3.63. The maximum atomic E-state index is 13.1. The number of halogens is 2. The van der Waals surface area contributed by atoms with Crippen molar-refractivity contribution in [2.24, 2.45) is 0 Å². The van der Waals surface area contributed by atoms with E-state index in [1.54, 1.807) is 57.4 Å². The molecular weight excluding hydrogens is 481 g/mol. The predicted molar refractivity (Wildman–Crippen MR) is 129 cm³/mol. The number of aromatic nitrogens is 3. The van der Waals surface area contributed by atoms with E-state index in [2.05, 4.69) is 20.4 Å². The van der Waals surface area contributed by atoms with Gasteiger partial charge in [-0.3, -0.25) is 9.59 Å². The second-order valence-electron chi connectivity index (χ2n) is 7.28. The minimum atomic E-state index is -0.338. The zero-order valence-electron chi connectivity index (χ0n) is 18.6. The largest absolute Gasteiger partial charge is 0.351 e. The lowest BCUT2D eigenvalue weighted by Gasteiger charge is -2.02. The second-order valence-corrected chi connectivity index (χ2v) is 8.72. The molecular formula is C23H21ClFN5O3S. The molecule has 0 spiro atoms. The molecule has 34 heavy (non-hydrogen) atoms. The van der Waals surface area contributed by atoms with Crippen LogP contribution < -0.4 is 5.32 Å². The molecule has 4 aromatic rings. The van der Waals surface area contributed by atoms with Gasteiger partial charge in [0.05, 0.1) is 12.1 Å². The van der Waals surface area contributed by atoms with Gasteiger partial charge in [0, 0.05) is 24.7 Å². The Bertz CT molecular complexity index is 1260. The number of anilines is 1. The lowest BCUT2D eigenvalue weighted by molar-refractivity contribution is -0.116. The first-order valence-corrected chi connectivity index (χ1v) is 11.2. The number of nitrogens with one attached hydrogen (secondary N) is 1. The van der Waals surface area contributed by atoms with E-state index in [4.69, 9.17) is 16.1 Å². The Morgan fingerprint density at radius 3 is 2.41 bits per heavy atom. The van der Waals surface area contributed by atoms with Crippen molar-refractivity contribution in [3.8, 4) is 22.2 Å². The van der Waals surface area contributed by atoms with Crippen LogP contribution in [0.2, 0.25) is 5.02 Å². The Morgan fingerprint density at radius 2 is 1.79 bits per heavy atom. The quantitative estimate of drug-likeness (QED) is 0.379. The van der Waals surface area contributed by atoms with Gasteiger partial charge in [-0.25, -0.2) is 9.37 Å². The van der Waals surface area contributed by atoms with Crippen LogP contribution in [-0.4, -0.2) is 46.4 Å². The summed E-state index contributed by atoms with van der Waals surface area (Å²) in [6.07, 6.45) is 0.959. The van der Waals surface area contributed by atoms with Gasteiger partial charge >= 0.3 is 0 Å². The van der Waals surface area contributed by atoms with Crippen LogP contribution in [0.4, 0.5) is 9.52 Å². The van der Waals surface area contributed by atoms with Gasteiger partial charge in [-0.15, -0.1) is 0 Å². The van der Waals surface area contributed by atoms with E-state index < -0.39 is 0 Å². The molecule has 2 aromatic heterocycles. The van der Waals surface area contributed by atoms with E-state index in [9.17, 15) is 14.0 Å². The molecule has 8 nitrogen and oxygen atoms in total. The monoisotopic (exact) mass is 501 g/mol. The highest BCUT2D eigenvalue weighted by molar-refractivity contribution is 7.19. The molecule has 0 atom stereocenters. The van der Waals surface area contributed by atoms with E-state index in [1.165, 1.54) is 28.4 Å². The maximum absolute atomic E-state index is 13.1. The number of rotatable bonds is 6. The van der Waals surface area contributed by atoms with Crippen molar-refractivity contribution in [1.29, 1.82) is 0 Å². The van der Waals surface area contributed by atoms with E-state index in [0.717, 1.165) is 12.0 Å². The number of hydrogen-bond donors (Lipinski definition) is 1. The third-order valence-electron chi connectivity index (χ3n) is 4.25. The van der Waals surface area contributed by atoms with Crippen LogP contribution in [0, 0.1) is 12.7 Å². The Kier molecular flexibility index (Phi) is 8.44. The number of amides is 2. The van der Waals surface area contributed by atoms with Gasteiger partial charge < -0.3 is 14.7 Å². The molecule has 2 heterocycles. The van der Waals surface area contributed by atoms with Crippen LogP contribution in [0.25, 0.3) is 22.2 Å². The summed E-state index contributed by atoms with van der Waals surface area (Å²) in [7, 11) is 3.38. The maximum Gasteiger partial charge on any atom is 0.270 e. The summed E-state index contributed by atoms with van der Waals surface area (Å²) >= 11 is 7.10. The number of thiazole rings is 1. The standard InChI is InChI=1S/C20H14ClFN4O2S.C3H7NO/c1-11-17(19-25-18(26-28-19)13-4-8-15(22)9-5-13)29-20(23-11)24-16(27)10-12-2-6-14(21)7-3-12;1-4(2)3-5/h2-9H,10H2,1H3,(H,23,24,27);3H,1-2H3. The molecule has 0 fully saturated rings. The fourth-order valence-corrected chi connectivity index (χ4v) is 3.66. The molecule has 176 valence electrons. The first kappa shape index (κ1) is 25.0. The van der Waals surface area contributed by atoms with Gasteiger partial charge in [0.15, 0.2) is 5.13 Å². The van der Waals surface area contributed by atoms with Crippen LogP contribution in [0.1, 0.15) is 11.3 Å². The Morgan fingerprint density at radius 1 is 1.15 bits per heavy atom. The first-order valence-electron chi connectivity index (χ1n) is 9.98. The number of nitrogens with zero attached hydrogens (tertiary/aromatic N) is 4. The molecule has 0 unspecified atom stereocenters. The Labute approximate surface area is 204 Å². The average molecular weight is 502 g/mol. The van der Waals surface area contributed by atoms with Crippen molar-refractivity contribution in [3.05, 3.63) is 70.6 Å². The normalized spacial score (nSPS) is 10.3. The number of carbonyl (C=O) groups is 2. The zero-order chi connectivity index (χ0) is 24.7. The van der Waals surface area contributed by atoms with Crippen LogP contribution in [-0.2, 0) is 16.0 Å². The van der Waals surface area contributed by atoms with Gasteiger partial charge in [0.25, 0.3) is 5.89 Å². The molecule has 11 heteroatoms. The smallest absolute Gasteiger partial charge is 0.270 e. The molecule has 0 radical (unpaired) electrons. The molecule has 1 N–H and O–H groups in total. The summed E-state index contributed by atoms with van der Waals surface area (Å²) in [5, 5.41) is 7.79. The molecule has 0 saturated heterocycles. The number of carbonyl (C=O) groups excluding carboxylic acids is 2. The number of hydrogen-bond acceptors (Lipinski definition) is 7. The highest BCUT2D eigenvalue weighted by Crippen LogP contribution is 2.33. The summed E-state index contributed by atoms with van der Waals surface area (Å²) in [5.74, 6) is 0.110. The van der Waals surface area contributed by atoms with Crippen molar-refractivity contribution in [2.45, 2.75) is 13.3 Å². The van der Waals surface area contributed by atoms with E-state index in [0.29, 0.717) is 32.1 Å². The fraction of sp³-hybridized carbons (Fsp3) is 0.174. The van der Waals surface area contributed by atoms with Crippen molar-refractivity contribution >= 4 is 40.4 Å². The van der Waals surface area contributed by atoms with Crippen LogP contribution in [0.3, 0.4) is 0 Å². The Balaban J connectivity index is 0.000000588. The second kappa shape index (κ2) is 11.5. The molecule has 2 aromatic carbocycles. The lowest BCUT2D eigenvalue weighted by Crippen LogP contribution is -2.14. The van der Waals surface area contributed by atoms with Gasteiger partial charge in [-0.2, -0.15) is 4.98 Å². The van der Waals surface area contributed by atoms with Crippen LogP contribution in [0.5, 0.6) is 0 Å². The zero-order valence-corrected chi connectivity index (χ0v) is 20.2. The van der Waals surface area contributed by atoms with Crippen molar-refractivity contribution < 1.29 is 18.5 Å². The molecule has 2 amide bonds. The van der Waals surface area contributed by atoms with Crippen molar-refractivity contribution in [2.75, 3.05) is 19.4 Å². The fourth-order valence-electron chi connectivity index (χ4n) is 2.63. The highest BCUT2D eigenvalue weighted by atomic mass is 35.5. The summed E-state index contributed by atoms with van der Waals surface area (Å²) in [6, 6.07) is 12.9. The van der Waals surface area contributed by atoms with Crippen LogP contribution in [0.15, 0.2) is 53.1 Å². The third-order valence-corrected chi connectivity index (χ3v) is 5.57. The lowest BCUT2D eigenvalue weighted by atomic mass is 10.1. The van der Waals surface area contributed by atoms with Crippen molar-refractivity contribution in [1.82, 2.24) is 20.0 Å². The summed E-state index contributed by atoms with van der Waals surface area (Å²) in [4.78, 5) is 32.5. The highest BCUT2D eigenvalue weighted by Gasteiger charge is 2.18.